The highest BCUT2D eigenvalue weighted by atomic mass is 17.0. The van der Waals surface area contributed by atoms with E-state index in [1.54, 1.807) is 0 Å². The molecule has 1 aromatic rings. The van der Waals surface area contributed by atoms with Gasteiger partial charge in [-0.05, 0) is 6.07 Å². The molecule has 0 radical (unpaired) electrons. The van der Waals surface area contributed by atoms with E-state index in [0.717, 1.165) is 6.07 Å². The van der Waals surface area contributed by atoms with E-state index >= 15 is 0 Å². The van der Waals surface area contributed by atoms with Crippen molar-refractivity contribution in [1.82, 2.24) is 0 Å². The van der Waals surface area contributed by atoms with E-state index in [2.05, 4.69) is 4.84 Å². The summed E-state index contributed by atoms with van der Waals surface area (Å²) in [6.07, 6.45) is 0. The zero-order valence-corrected chi connectivity index (χ0v) is 6.25. The minimum atomic E-state index is -1.03. The molecule has 0 unspecified atom stereocenters. The molecule has 0 N–H and O–H groups in total. The van der Waals surface area contributed by atoms with E-state index in [1.165, 1.54) is 18.2 Å². The zero-order valence-electron chi connectivity index (χ0n) is 6.25. The number of nitro benzene ring substituents is 1. The first-order chi connectivity index (χ1) is 6.09. The third-order valence-corrected chi connectivity index (χ3v) is 1.21. The van der Waals surface area contributed by atoms with Gasteiger partial charge in [0, 0.05) is 12.1 Å². The minimum Gasteiger partial charge on any atom is -0.276 e. The van der Waals surface area contributed by atoms with Crippen molar-refractivity contribution in [2.45, 2.75) is 0 Å². The molecule has 7 nitrogen and oxygen atoms in total. The van der Waals surface area contributed by atoms with E-state index in [-0.39, 0.29) is 11.4 Å². The third kappa shape index (κ3) is 2.40. The second kappa shape index (κ2) is 3.48. The smallest absolute Gasteiger partial charge is 0.276 e. The number of benzene rings is 1. The summed E-state index contributed by atoms with van der Waals surface area (Å²) in [5, 5.41) is 19.1. The van der Waals surface area contributed by atoms with Gasteiger partial charge in [0.25, 0.3) is 10.8 Å². The van der Waals surface area contributed by atoms with Crippen LogP contribution in [-0.2, 0) is 0 Å². The van der Waals surface area contributed by atoms with Crippen molar-refractivity contribution in [2.75, 3.05) is 0 Å². The molecule has 0 aliphatic heterocycles. The maximum atomic E-state index is 10.2. The van der Waals surface area contributed by atoms with Crippen molar-refractivity contribution in [3.63, 3.8) is 0 Å². The van der Waals surface area contributed by atoms with Crippen molar-refractivity contribution in [3.05, 3.63) is 44.5 Å². The fraction of sp³-hybridized carbons (Fsp3) is 0. The number of nitro groups is 1. The Balaban J connectivity index is 2.91. The lowest BCUT2D eigenvalue weighted by molar-refractivity contribution is -0.711. The van der Waals surface area contributed by atoms with E-state index in [0.29, 0.717) is 0 Å². The van der Waals surface area contributed by atoms with Crippen LogP contribution in [0.5, 0.6) is 5.75 Å². The number of hydrogen-bond donors (Lipinski definition) is 0. The summed E-state index contributed by atoms with van der Waals surface area (Å²) in [6.45, 7) is 0. The normalized spacial score (nSPS) is 9.23. The van der Waals surface area contributed by atoms with Crippen molar-refractivity contribution >= 4 is 5.69 Å². The second-order valence-corrected chi connectivity index (χ2v) is 2.07. The molecule has 7 heteroatoms. The maximum absolute atomic E-state index is 10.2. The average molecular weight is 184 g/mol. The highest BCUT2D eigenvalue weighted by Crippen LogP contribution is 2.18. The van der Waals surface area contributed by atoms with Gasteiger partial charge in [-0.25, -0.2) is 0 Å². The van der Waals surface area contributed by atoms with Crippen LogP contribution in [-0.4, -0.2) is 10.0 Å². The van der Waals surface area contributed by atoms with Gasteiger partial charge in [-0.2, -0.15) is 0 Å². The number of rotatable bonds is 3. The SMILES string of the molecule is O=[N+]([O-])Oc1cccc([N+](=O)[O-])c1. The van der Waals surface area contributed by atoms with Crippen LogP contribution in [0.2, 0.25) is 0 Å². The van der Waals surface area contributed by atoms with Gasteiger partial charge in [-0.3, -0.25) is 15.0 Å². The Labute approximate surface area is 71.8 Å². The lowest BCUT2D eigenvalue weighted by Gasteiger charge is -1.96. The second-order valence-electron chi connectivity index (χ2n) is 2.07. The molecule has 0 aromatic heterocycles. The molecular formula is C6H4N2O5. The van der Waals surface area contributed by atoms with Gasteiger partial charge < -0.3 is 0 Å². The Kier molecular flexibility index (Phi) is 2.38. The number of non-ortho nitro benzene ring substituents is 1. The lowest BCUT2D eigenvalue weighted by atomic mass is 10.3. The van der Waals surface area contributed by atoms with E-state index in [4.69, 9.17) is 0 Å². The summed E-state index contributed by atoms with van der Waals surface area (Å²) in [6, 6.07) is 4.75. The van der Waals surface area contributed by atoms with Crippen molar-refractivity contribution < 1.29 is 14.8 Å². The lowest BCUT2D eigenvalue weighted by Crippen LogP contribution is -2.03. The number of hydrogen-bond acceptors (Lipinski definition) is 5. The van der Waals surface area contributed by atoms with Crippen molar-refractivity contribution in [1.29, 1.82) is 0 Å². The molecule has 0 amide bonds. The fourth-order valence-corrected chi connectivity index (χ4v) is 0.740. The first-order valence-corrected chi connectivity index (χ1v) is 3.16. The molecule has 0 spiro atoms. The van der Waals surface area contributed by atoms with Gasteiger partial charge in [-0.1, -0.05) is 6.07 Å². The van der Waals surface area contributed by atoms with Crippen LogP contribution in [0.4, 0.5) is 5.69 Å². The maximum Gasteiger partial charge on any atom is 0.299 e. The van der Waals surface area contributed by atoms with Gasteiger partial charge in [0.1, 0.15) is 5.75 Å². The molecule has 1 aromatic carbocycles. The van der Waals surface area contributed by atoms with Crippen molar-refractivity contribution in [3.8, 4) is 5.75 Å². The molecule has 0 fully saturated rings. The van der Waals surface area contributed by atoms with Gasteiger partial charge in [0.15, 0.2) is 0 Å². The van der Waals surface area contributed by atoms with E-state index in [9.17, 15) is 20.2 Å². The van der Waals surface area contributed by atoms with E-state index < -0.39 is 10.0 Å². The summed E-state index contributed by atoms with van der Waals surface area (Å²) in [5.41, 5.74) is -0.251. The molecule has 0 saturated heterocycles. The summed E-state index contributed by atoms with van der Waals surface area (Å²) in [5.74, 6) is -0.167. The summed E-state index contributed by atoms with van der Waals surface area (Å²) in [4.78, 5) is 23.4. The zero-order chi connectivity index (χ0) is 9.84. The molecule has 0 atom stereocenters. The molecular weight excluding hydrogens is 180 g/mol. The fourth-order valence-electron chi connectivity index (χ4n) is 0.740. The molecule has 0 aliphatic rings. The highest BCUT2D eigenvalue weighted by molar-refractivity contribution is 5.37. The highest BCUT2D eigenvalue weighted by Gasteiger charge is 2.07. The third-order valence-electron chi connectivity index (χ3n) is 1.21. The minimum absolute atomic E-state index is 0.167. The first-order valence-electron chi connectivity index (χ1n) is 3.16. The van der Waals surface area contributed by atoms with Crippen LogP contribution in [0, 0.1) is 20.2 Å². The van der Waals surface area contributed by atoms with E-state index in [1.807, 2.05) is 0 Å². The molecule has 1 rings (SSSR count). The van der Waals surface area contributed by atoms with Crippen LogP contribution >= 0.6 is 0 Å². The topological polar surface area (TPSA) is 95.5 Å². The first kappa shape index (κ1) is 8.91. The Morgan fingerprint density at radius 2 is 1.92 bits per heavy atom. The number of nitrogens with zero attached hydrogens (tertiary/aromatic N) is 2. The van der Waals surface area contributed by atoms with Gasteiger partial charge >= 0.3 is 0 Å². The molecule has 13 heavy (non-hydrogen) atoms. The van der Waals surface area contributed by atoms with Crippen LogP contribution < -0.4 is 4.84 Å². The summed E-state index contributed by atoms with van der Waals surface area (Å²) < 4.78 is 0. The van der Waals surface area contributed by atoms with Gasteiger partial charge in [0.2, 0.25) is 0 Å². The predicted molar refractivity (Wildman–Crippen MR) is 40.7 cm³/mol. The Morgan fingerprint density at radius 3 is 2.46 bits per heavy atom. The quantitative estimate of drug-likeness (QED) is 0.518. The Bertz CT molecular complexity index is 351. The summed E-state index contributed by atoms with van der Waals surface area (Å²) >= 11 is 0. The van der Waals surface area contributed by atoms with Crippen LogP contribution in [0.15, 0.2) is 24.3 Å². The van der Waals surface area contributed by atoms with Gasteiger partial charge in [0.05, 0.1) is 4.92 Å². The Morgan fingerprint density at radius 1 is 1.23 bits per heavy atom. The van der Waals surface area contributed by atoms with Crippen molar-refractivity contribution in [2.24, 2.45) is 0 Å². The van der Waals surface area contributed by atoms with Crippen LogP contribution in [0.1, 0.15) is 0 Å². The van der Waals surface area contributed by atoms with Crippen LogP contribution in [0.3, 0.4) is 0 Å². The molecule has 0 aliphatic carbocycles. The molecule has 0 saturated carbocycles. The molecule has 68 valence electrons. The average Bonchev–Trinajstić information content (AvgIpc) is 2.03. The molecule has 0 bridgehead atoms. The monoisotopic (exact) mass is 184 g/mol. The predicted octanol–water partition coefficient (Wildman–Crippen LogP) is 1.17. The van der Waals surface area contributed by atoms with Gasteiger partial charge in [-0.15, -0.1) is 10.1 Å². The standard InChI is InChI=1S/C6H4N2O5/c9-7(10)5-2-1-3-6(4-5)13-8(11)12/h1-4H. The van der Waals surface area contributed by atoms with Crippen LogP contribution in [0.25, 0.3) is 0 Å². The largest absolute Gasteiger partial charge is 0.299 e. The Hall–Kier alpha value is -2.18. The summed E-state index contributed by atoms with van der Waals surface area (Å²) in [7, 11) is 0. The molecule has 0 heterocycles.